The Morgan fingerprint density at radius 3 is 1.42 bits per heavy atom. The van der Waals surface area contributed by atoms with Crippen LogP contribution in [0.3, 0.4) is 0 Å². The third-order valence-corrected chi connectivity index (χ3v) is 20.6. The minimum atomic E-state index is -1.58. The average Bonchev–Trinajstić information content (AvgIpc) is 1.61. The Labute approximate surface area is 764 Å². The third-order valence-electron chi connectivity index (χ3n) is 20.6. The molecule has 0 saturated heterocycles. The van der Waals surface area contributed by atoms with E-state index in [1.807, 2.05) is 13.8 Å². The second kappa shape index (κ2) is 55.8. The van der Waals surface area contributed by atoms with Crippen LogP contribution in [-0.4, -0.2) is 321 Å². The number of nitrogens with zero attached hydrogens (tertiary/aromatic N) is 5. The smallest absolute Gasteiger partial charge is 0.416 e. The number of carbonyl (C=O) groups is 13. The molecule has 5 heterocycles. The normalized spacial score (nSPS) is 15.6. The first-order valence-corrected chi connectivity index (χ1v) is 43.6. The molecule has 5 aliphatic rings. The van der Waals surface area contributed by atoms with Gasteiger partial charge in [0.05, 0.1) is 214 Å². The van der Waals surface area contributed by atoms with Crippen LogP contribution in [0.1, 0.15) is 104 Å². The third kappa shape index (κ3) is 33.9. The highest BCUT2D eigenvalue weighted by Crippen LogP contribution is 2.44. The highest BCUT2D eigenvalue weighted by molar-refractivity contribution is 6.13. The second-order valence-corrected chi connectivity index (χ2v) is 30.6. The maximum absolute atomic E-state index is 14.4. The van der Waals surface area contributed by atoms with Crippen molar-refractivity contribution in [2.45, 2.75) is 110 Å². The lowest BCUT2D eigenvalue weighted by Gasteiger charge is -2.31. The predicted octanol–water partition coefficient (Wildman–Crippen LogP) is 3.94. The average molecular weight is 1850 g/mol. The number of anilines is 4. The number of aliphatic hydroxyl groups is 1. The van der Waals surface area contributed by atoms with Gasteiger partial charge in [-0.1, -0.05) is 35.4 Å². The molecule has 42 heteroatoms. The maximum Gasteiger partial charge on any atom is 0.416 e. The molecule has 9 rings (SSSR count). The molecular formula is C90H120N12O30. The van der Waals surface area contributed by atoms with Gasteiger partial charge in [-0.3, -0.25) is 62.5 Å². The van der Waals surface area contributed by atoms with Gasteiger partial charge in [-0.05, 0) is 100 Å². The molecule has 4 aromatic carbocycles. The van der Waals surface area contributed by atoms with Crippen LogP contribution in [-0.2, 0) is 113 Å². The van der Waals surface area contributed by atoms with Crippen molar-refractivity contribution in [2.75, 3.05) is 220 Å². The van der Waals surface area contributed by atoms with Crippen LogP contribution in [0.4, 0.5) is 32.3 Å². The molecule has 8 N–H and O–H groups in total. The molecule has 132 heavy (non-hydrogen) atoms. The van der Waals surface area contributed by atoms with Crippen molar-refractivity contribution in [3.8, 4) is 23.0 Å². The van der Waals surface area contributed by atoms with Crippen LogP contribution in [0.25, 0.3) is 0 Å². The lowest BCUT2D eigenvalue weighted by molar-refractivity contribution is -0.137. The highest BCUT2D eigenvalue weighted by Gasteiger charge is 2.46. The molecule has 0 radical (unpaired) electrons. The number of imide groups is 1. The van der Waals surface area contributed by atoms with Crippen LogP contribution < -0.4 is 66.0 Å². The summed E-state index contributed by atoms with van der Waals surface area (Å²) in [5.41, 5.74) is 4.05. The topological polar surface area (TPSA) is 490 Å². The SMILES string of the molecule is COCCOCCC(=O)NCC(=O)N[C@@H](C)C(=O)Nc1ccc(COC(=O)N2CC3CC(C)=CN3C(=O)c3cc(OC)c(OCCCCCOc4cc5c(cc4OC)C(=O)N4C=C(C)C[C@H]4[C@H](O)N5C(=O)OCc4ccc(NC(=O)CNC(=O)CNC(=O)CCOCCOCCOCCOCCOCCOCCOCCOCCNC(=O)CCN5C(=O)C=CC5=O)cc4)cc32)cc1. The zero-order valence-electron chi connectivity index (χ0n) is 75.2. The van der Waals surface area contributed by atoms with E-state index in [4.69, 9.17) is 75.8 Å². The van der Waals surface area contributed by atoms with E-state index in [1.165, 1.54) is 62.3 Å². The zero-order valence-corrected chi connectivity index (χ0v) is 75.2. The molecule has 0 aliphatic carbocycles. The molecule has 0 spiro atoms. The van der Waals surface area contributed by atoms with Gasteiger partial charge >= 0.3 is 12.2 Å². The summed E-state index contributed by atoms with van der Waals surface area (Å²) in [4.78, 5) is 174. The number of hydrogen-bond acceptors (Lipinski definition) is 30. The van der Waals surface area contributed by atoms with Gasteiger partial charge in [0.15, 0.2) is 29.2 Å². The minimum Gasteiger partial charge on any atom is -0.493 e. The van der Waals surface area contributed by atoms with E-state index in [0.717, 1.165) is 20.9 Å². The molecule has 1 unspecified atom stereocenters. The number of benzene rings is 4. The number of rotatable bonds is 60. The summed E-state index contributed by atoms with van der Waals surface area (Å²) < 4.78 is 89.8. The number of unbranched alkanes of at least 4 members (excludes halogenated alkanes) is 2. The van der Waals surface area contributed by atoms with Crippen molar-refractivity contribution in [2.24, 2.45) is 0 Å². The molecule has 4 atom stereocenters. The number of aliphatic hydroxyl groups excluding tert-OH is 1. The van der Waals surface area contributed by atoms with E-state index in [9.17, 15) is 67.4 Å². The largest absolute Gasteiger partial charge is 0.493 e. The van der Waals surface area contributed by atoms with Crippen molar-refractivity contribution in [1.29, 1.82) is 0 Å². The van der Waals surface area contributed by atoms with Gasteiger partial charge in [-0.2, -0.15) is 0 Å². The maximum atomic E-state index is 14.4. The first-order valence-electron chi connectivity index (χ1n) is 43.6. The Morgan fingerprint density at radius 1 is 0.447 bits per heavy atom. The van der Waals surface area contributed by atoms with Gasteiger partial charge in [0, 0.05) is 87.5 Å². The summed E-state index contributed by atoms with van der Waals surface area (Å²) in [6.07, 6.45) is 4.83. The van der Waals surface area contributed by atoms with Gasteiger partial charge in [-0.25, -0.2) is 14.5 Å². The monoisotopic (exact) mass is 1850 g/mol. The molecule has 0 aromatic heterocycles. The Morgan fingerprint density at radius 2 is 0.886 bits per heavy atom. The number of fused-ring (bicyclic) bond motifs is 4. The van der Waals surface area contributed by atoms with Crippen LogP contribution in [0.5, 0.6) is 23.0 Å². The Hall–Kier alpha value is -12.2. The van der Waals surface area contributed by atoms with Crippen LogP contribution in [0, 0.1) is 0 Å². The summed E-state index contributed by atoms with van der Waals surface area (Å²) in [5, 5.41) is 30.1. The molecule has 0 saturated carbocycles. The first kappa shape index (κ1) is 103. The number of methoxy groups -OCH3 is 3. The predicted molar refractivity (Wildman–Crippen MR) is 472 cm³/mol. The van der Waals surface area contributed by atoms with E-state index >= 15 is 0 Å². The van der Waals surface area contributed by atoms with Crippen LogP contribution in [0.2, 0.25) is 0 Å². The fourth-order valence-corrected chi connectivity index (χ4v) is 13.8. The Kier molecular flexibility index (Phi) is 43.8. The quantitative estimate of drug-likeness (QED) is 0.0229. The number of ether oxygens (including phenoxy) is 16. The molecule has 42 nitrogen and oxygen atoms in total. The van der Waals surface area contributed by atoms with E-state index < -0.39 is 90.3 Å². The summed E-state index contributed by atoms with van der Waals surface area (Å²) in [6.45, 7) is 10.5. The summed E-state index contributed by atoms with van der Waals surface area (Å²) >= 11 is 0. The molecule has 5 aliphatic heterocycles. The number of nitrogens with one attached hydrogen (secondary N) is 7. The van der Waals surface area contributed by atoms with Crippen molar-refractivity contribution < 1.29 is 143 Å². The van der Waals surface area contributed by atoms with Gasteiger partial charge in [0.25, 0.3) is 23.6 Å². The fraction of sp³-hybridized carbons (Fsp3) is 0.522. The van der Waals surface area contributed by atoms with E-state index in [2.05, 4.69) is 37.2 Å². The van der Waals surface area contributed by atoms with Gasteiger partial charge in [-0.15, -0.1) is 0 Å². The van der Waals surface area contributed by atoms with Gasteiger partial charge < -0.3 is 128 Å². The molecule has 720 valence electrons. The van der Waals surface area contributed by atoms with Crippen LogP contribution >= 0.6 is 0 Å². The van der Waals surface area contributed by atoms with E-state index in [1.54, 1.807) is 78.0 Å². The molecule has 0 fully saturated rings. The van der Waals surface area contributed by atoms with E-state index in [-0.39, 0.29) is 175 Å². The van der Waals surface area contributed by atoms with Crippen molar-refractivity contribution in [3.05, 3.63) is 131 Å². The molecule has 4 aromatic rings. The second-order valence-electron chi connectivity index (χ2n) is 30.6. The molecular weight excluding hydrogens is 1730 g/mol. The minimum absolute atomic E-state index is 0.00676. The van der Waals surface area contributed by atoms with Gasteiger partial charge in [0.2, 0.25) is 41.4 Å². The fourth-order valence-electron chi connectivity index (χ4n) is 13.8. The highest BCUT2D eigenvalue weighted by atomic mass is 16.6. The molecule has 0 bridgehead atoms. The van der Waals surface area contributed by atoms with E-state index in [0.29, 0.717) is 147 Å². The first-order chi connectivity index (χ1) is 63.9. The summed E-state index contributed by atoms with van der Waals surface area (Å²) in [6, 6.07) is 16.7. The molecule has 13 amide bonds. The number of hydrogen-bond donors (Lipinski definition) is 8. The van der Waals surface area contributed by atoms with Crippen molar-refractivity contribution in [3.63, 3.8) is 0 Å². The summed E-state index contributed by atoms with van der Waals surface area (Å²) in [5.74, 6) is -4.19. The lowest BCUT2D eigenvalue weighted by atomic mass is 10.1. The Bertz CT molecular complexity index is 4610. The Balaban J connectivity index is 0.622. The van der Waals surface area contributed by atoms with Crippen molar-refractivity contribution in [1.82, 2.24) is 41.3 Å². The standard InChI is InChI=1S/C90H120N12O30/c1-60-46-67-57-101(89(115)131-58-63-12-16-66(17-13-63)97-85(111)62(3)95-81(107)53-93-79(105)21-27-120-31-30-117-4)70-50-75(73(118-5)48-68(70)86(112)99(67)55-60)129-25-8-7-9-26-130-76-51-71-69(49-74(76)119-6)87(113)100-56-61(2)47-72(100)88(114)102(71)90(116)132-59-64-10-14-65(15-11-64)96-82(108)54-94-80(106)52-92-78(104)22-28-121-32-34-123-36-38-125-40-42-127-44-45-128-43-41-126-39-37-124-35-33-122-29-23-91-77(103)20-24-98-83(109)18-19-84(98)110/h10-19,48-51,55-56,62,67,72,88,114H,7-9,20-47,52-54,57-59H2,1-6H3,(H,91,103)(H,92,104)(H,93,105)(H,94,106)(H,95,107)(H,96,108)(H,97,111)/t62-,67?,72-,88-/m0/s1. The number of carbonyl (C=O) groups excluding carboxylic acids is 13. The summed E-state index contributed by atoms with van der Waals surface area (Å²) in [7, 11) is 4.39. The van der Waals surface area contributed by atoms with Gasteiger partial charge in [0.1, 0.15) is 19.3 Å². The van der Waals surface area contributed by atoms with Crippen LogP contribution in [0.15, 0.2) is 108 Å². The zero-order chi connectivity index (χ0) is 94.5. The van der Waals surface area contributed by atoms with Crippen molar-refractivity contribution >= 4 is 99.9 Å². The lowest BCUT2D eigenvalue weighted by Crippen LogP contribution is -2.50. The number of amides is 13.